The van der Waals surface area contributed by atoms with Crippen molar-refractivity contribution >= 4 is 17.5 Å². The van der Waals surface area contributed by atoms with Crippen LogP contribution in [0.3, 0.4) is 0 Å². The van der Waals surface area contributed by atoms with E-state index < -0.39 is 89.4 Å². The fraction of sp³-hybridized carbons (Fsp3) is 0.800. The van der Waals surface area contributed by atoms with Gasteiger partial charge in [-0.15, -0.1) is 0 Å². The SMILES string of the molecule is CCC1/C=C(\C)C[C@H](C)C[C@H](OC)[C@@H](O)[C@@H](OC)CC(C)C2(O)C(=O)C3(CCCCN3C3COC32)C(=O)O[C@H](/C(C)=C/[C@@H]2CC=C(F)[C@H](OC)C2)[C@H](C)C(O)CC1=O. The van der Waals surface area contributed by atoms with Crippen LogP contribution in [-0.2, 0) is 38.1 Å². The van der Waals surface area contributed by atoms with Gasteiger partial charge in [0.1, 0.15) is 36.0 Å². The monoisotopic (exact) mass is 819 g/mol. The van der Waals surface area contributed by atoms with E-state index in [0.29, 0.717) is 50.6 Å². The summed E-state index contributed by atoms with van der Waals surface area (Å²) in [7, 11) is 4.46. The molecule has 5 rings (SSSR count). The molecular weight excluding hydrogens is 749 g/mol. The van der Waals surface area contributed by atoms with Crippen LogP contribution in [0.1, 0.15) is 106 Å². The van der Waals surface area contributed by atoms with Crippen molar-refractivity contribution in [2.24, 2.45) is 29.6 Å². The molecule has 0 saturated carbocycles. The summed E-state index contributed by atoms with van der Waals surface area (Å²) in [6, 6.07) is -0.453. The first-order valence-corrected chi connectivity index (χ1v) is 21.5. The Balaban J connectivity index is 1.61. The summed E-state index contributed by atoms with van der Waals surface area (Å²) in [5.74, 6) is -4.19. The van der Waals surface area contributed by atoms with E-state index in [2.05, 4.69) is 6.92 Å². The number of methoxy groups -OCH3 is 3. The fourth-order valence-corrected chi connectivity index (χ4v) is 10.6. The lowest BCUT2D eigenvalue weighted by Crippen LogP contribution is -2.85. The molecule has 0 aromatic carbocycles. The van der Waals surface area contributed by atoms with Gasteiger partial charge in [0.25, 0.3) is 0 Å². The van der Waals surface area contributed by atoms with E-state index in [1.807, 2.05) is 30.9 Å². The molecule has 0 aromatic rings. The van der Waals surface area contributed by atoms with Gasteiger partial charge in [-0.05, 0) is 101 Å². The third-order valence-electron chi connectivity index (χ3n) is 14.1. The molecule has 0 radical (unpaired) electrons. The molecule has 5 aliphatic rings. The molecule has 0 aromatic heterocycles. The second-order valence-corrected chi connectivity index (χ2v) is 18.1. The number of esters is 1. The van der Waals surface area contributed by atoms with Crippen LogP contribution < -0.4 is 0 Å². The molecule has 4 aliphatic heterocycles. The summed E-state index contributed by atoms with van der Waals surface area (Å²) in [5.41, 5.74) is -2.40. The number of ketones is 2. The second-order valence-electron chi connectivity index (χ2n) is 18.1. The molecule has 3 saturated heterocycles. The van der Waals surface area contributed by atoms with Gasteiger partial charge in [0.05, 0.1) is 31.0 Å². The zero-order valence-corrected chi connectivity index (χ0v) is 36.2. The summed E-state index contributed by atoms with van der Waals surface area (Å²) < 4.78 is 44.1. The van der Waals surface area contributed by atoms with Crippen LogP contribution in [0.4, 0.5) is 4.39 Å². The maximum Gasteiger partial charge on any atom is 0.335 e. The van der Waals surface area contributed by atoms with Gasteiger partial charge in [-0.25, -0.2) is 9.18 Å². The quantitative estimate of drug-likeness (QED) is 0.183. The van der Waals surface area contributed by atoms with Crippen LogP contribution in [0.5, 0.6) is 0 Å². The molecule has 13 heteroatoms. The zero-order chi connectivity index (χ0) is 42.7. The number of Topliss-reactive ketones (excluding diaryl/α,β-unsaturated/α-hetero) is 2. The van der Waals surface area contributed by atoms with Crippen molar-refractivity contribution in [2.45, 2.75) is 166 Å². The molecule has 3 N–H and O–H groups in total. The average Bonchev–Trinajstić information content (AvgIpc) is 3.18. The van der Waals surface area contributed by atoms with Crippen molar-refractivity contribution in [1.82, 2.24) is 4.90 Å². The largest absolute Gasteiger partial charge is 0.456 e. The molecule has 3 fully saturated rings. The van der Waals surface area contributed by atoms with E-state index in [9.17, 15) is 24.5 Å². The number of hydrogen-bond donors (Lipinski definition) is 3. The van der Waals surface area contributed by atoms with Gasteiger partial charge in [-0.2, -0.15) is 0 Å². The summed E-state index contributed by atoms with van der Waals surface area (Å²) in [6.07, 6.45) is 2.54. The van der Waals surface area contributed by atoms with Crippen molar-refractivity contribution in [2.75, 3.05) is 34.5 Å². The molecule has 4 heterocycles. The van der Waals surface area contributed by atoms with E-state index in [1.165, 1.54) is 27.4 Å². The van der Waals surface area contributed by atoms with Crippen LogP contribution in [-0.4, -0.2) is 132 Å². The number of piperidine rings is 2. The molecule has 2 bridgehead atoms. The lowest BCUT2D eigenvalue weighted by molar-refractivity contribution is -0.274. The Kier molecular flexibility index (Phi) is 15.8. The van der Waals surface area contributed by atoms with Gasteiger partial charge < -0.3 is 39.0 Å². The fourth-order valence-electron chi connectivity index (χ4n) is 10.6. The number of ether oxygens (including phenoxy) is 5. The van der Waals surface area contributed by atoms with Gasteiger partial charge in [0.15, 0.2) is 16.9 Å². The minimum Gasteiger partial charge on any atom is -0.456 e. The molecule has 15 atom stereocenters. The summed E-state index contributed by atoms with van der Waals surface area (Å²) in [6.45, 7) is 11.8. The second kappa shape index (κ2) is 19.6. The van der Waals surface area contributed by atoms with E-state index in [0.717, 1.165) is 12.0 Å². The minimum atomic E-state index is -2.14. The van der Waals surface area contributed by atoms with Crippen molar-refractivity contribution in [3.05, 3.63) is 35.2 Å². The first kappa shape index (κ1) is 46.7. The first-order valence-electron chi connectivity index (χ1n) is 21.5. The summed E-state index contributed by atoms with van der Waals surface area (Å²) >= 11 is 0. The molecule has 58 heavy (non-hydrogen) atoms. The summed E-state index contributed by atoms with van der Waals surface area (Å²) in [4.78, 5) is 46.2. The standard InChI is InChI=1S/C45H70FNO11/c1-10-31-18-25(2)17-26(3)19-37(55-8)39(50)38(56-9)21-28(5)45(53)41-33(24-57-41)47-16-12-11-15-44(47,42(45)51)43(52)58-40(29(6)34(48)23-35(31)49)27(4)20-30-13-14-32(46)36(22-30)54-7/h14,18,20,26,28-31,33-34,36-41,48,50,53H,10-13,15-17,19,21-24H2,1-9H3/b25-18+,27-20+/t26-,28?,29+,30-,31?,33?,34?,36+,37-,38-,39+,40+,41?,44?,45?/m0/s1. The highest BCUT2D eigenvalue weighted by Crippen LogP contribution is 2.50. The van der Waals surface area contributed by atoms with Crippen molar-refractivity contribution < 1.29 is 57.8 Å². The third kappa shape index (κ3) is 9.12. The zero-order valence-electron chi connectivity index (χ0n) is 36.2. The highest BCUT2D eigenvalue weighted by Gasteiger charge is 2.73. The van der Waals surface area contributed by atoms with Crippen LogP contribution in [0, 0.1) is 29.6 Å². The lowest BCUT2D eigenvalue weighted by atomic mass is 9.61. The molecule has 0 amide bonds. The van der Waals surface area contributed by atoms with Crippen LogP contribution >= 0.6 is 0 Å². The van der Waals surface area contributed by atoms with Gasteiger partial charge in [0, 0.05) is 46.1 Å². The predicted molar refractivity (Wildman–Crippen MR) is 215 cm³/mol. The van der Waals surface area contributed by atoms with E-state index >= 15 is 9.59 Å². The van der Waals surface area contributed by atoms with Crippen molar-refractivity contribution in [1.29, 1.82) is 0 Å². The number of fused-ring (bicyclic) bond motifs is 4. The third-order valence-corrected chi connectivity index (χ3v) is 14.1. The average molecular weight is 820 g/mol. The summed E-state index contributed by atoms with van der Waals surface area (Å²) in [5, 5.41) is 36.3. The smallest absolute Gasteiger partial charge is 0.335 e. The van der Waals surface area contributed by atoms with Gasteiger partial charge in [-0.3, -0.25) is 14.5 Å². The van der Waals surface area contributed by atoms with E-state index in [-0.39, 0.29) is 49.3 Å². The Bertz CT molecular complexity index is 1570. The minimum absolute atomic E-state index is 0.0532. The van der Waals surface area contributed by atoms with Crippen molar-refractivity contribution in [3.8, 4) is 0 Å². The number of allylic oxidation sites excluding steroid dienone is 4. The number of aliphatic hydroxyl groups is 3. The number of cyclic esters (lactones) is 1. The number of nitrogens with zero attached hydrogens (tertiary/aromatic N) is 1. The Labute approximate surface area is 344 Å². The molecule has 1 aliphatic carbocycles. The van der Waals surface area contributed by atoms with E-state index in [1.54, 1.807) is 20.8 Å². The topological polar surface area (TPSA) is 161 Å². The Morgan fingerprint density at radius 1 is 1.02 bits per heavy atom. The maximum atomic E-state index is 15.3. The first-order chi connectivity index (χ1) is 27.5. The Hall–Kier alpha value is -2.36. The number of aliphatic hydroxyl groups excluding tert-OH is 2. The highest BCUT2D eigenvalue weighted by molar-refractivity contribution is 6.13. The molecule has 7 unspecified atom stereocenters. The van der Waals surface area contributed by atoms with Crippen LogP contribution in [0.2, 0.25) is 0 Å². The number of rotatable bonds is 6. The molecule has 1 spiro atoms. The van der Waals surface area contributed by atoms with E-state index in [4.69, 9.17) is 23.7 Å². The number of hydrogen-bond acceptors (Lipinski definition) is 12. The molecule has 328 valence electrons. The number of halogens is 1. The molecular formula is C45H70FNO11. The lowest BCUT2D eigenvalue weighted by Gasteiger charge is -2.63. The Morgan fingerprint density at radius 3 is 2.33 bits per heavy atom. The van der Waals surface area contributed by atoms with Crippen LogP contribution in [0.25, 0.3) is 0 Å². The van der Waals surface area contributed by atoms with Gasteiger partial charge in [-0.1, -0.05) is 45.4 Å². The maximum absolute atomic E-state index is 15.3. The van der Waals surface area contributed by atoms with Gasteiger partial charge in [0.2, 0.25) is 0 Å². The van der Waals surface area contributed by atoms with Gasteiger partial charge >= 0.3 is 5.97 Å². The number of carbonyl (C=O) groups excluding carboxylic acids is 3. The molecule has 12 nitrogen and oxygen atoms in total. The normalized spacial score (nSPS) is 44.1. The van der Waals surface area contributed by atoms with Crippen molar-refractivity contribution in [3.63, 3.8) is 0 Å². The number of carbonyl (C=O) groups is 3. The predicted octanol–water partition coefficient (Wildman–Crippen LogP) is 5.20. The van der Waals surface area contributed by atoms with Crippen LogP contribution in [0.15, 0.2) is 35.2 Å². The highest BCUT2D eigenvalue weighted by atomic mass is 19.1. The Morgan fingerprint density at radius 2 is 1.71 bits per heavy atom.